The van der Waals surface area contributed by atoms with E-state index in [1.54, 1.807) is 0 Å². The Hall–Kier alpha value is -2.40. The highest BCUT2D eigenvalue weighted by Crippen LogP contribution is 2.57. The summed E-state index contributed by atoms with van der Waals surface area (Å²) in [7, 11) is 0.589. The standard InChI is InChI=1S/C52H78O2P2/c1-19-34(7)55-53-46-42(50(14,15)22-4)32-40(48(10,11)20-2)35(8)44(46)45-36(9)41(49(12,13)21-3)33-43(51(16,17)23-5)47(45)54-56-52(18,24-6)39-31-27-29-37-28-25-26-30-38(37)39/h25-34,55-56H,19-24H2,1-18H3. The van der Waals surface area contributed by atoms with Gasteiger partial charge in [0.05, 0.1) is 17.6 Å². The average Bonchev–Trinajstić information content (AvgIpc) is 3.18. The zero-order valence-electron chi connectivity index (χ0n) is 38.8. The Kier molecular flexibility index (Phi) is 14.7. The fraction of sp³-hybridized carbons (Fsp3) is 0.577. The van der Waals surface area contributed by atoms with E-state index in [9.17, 15) is 0 Å². The molecule has 4 unspecified atom stereocenters. The summed E-state index contributed by atoms with van der Waals surface area (Å²) in [4.78, 5) is 0. The normalized spacial score (nSPS) is 15.0. The van der Waals surface area contributed by atoms with E-state index in [2.05, 4.69) is 179 Å². The number of hydrogen-bond acceptors (Lipinski definition) is 2. The van der Waals surface area contributed by atoms with E-state index in [-0.39, 0.29) is 35.6 Å². The molecule has 0 aliphatic rings. The van der Waals surface area contributed by atoms with E-state index < -0.39 is 0 Å². The molecule has 56 heavy (non-hydrogen) atoms. The number of rotatable bonds is 18. The maximum atomic E-state index is 7.69. The van der Waals surface area contributed by atoms with Gasteiger partial charge in [-0.25, -0.2) is 0 Å². The summed E-state index contributed by atoms with van der Waals surface area (Å²) in [5.41, 5.74) is 12.2. The third kappa shape index (κ3) is 9.08. The van der Waals surface area contributed by atoms with Crippen molar-refractivity contribution in [1.29, 1.82) is 0 Å². The smallest absolute Gasteiger partial charge is 0.134 e. The largest absolute Gasteiger partial charge is 0.476 e. The monoisotopic (exact) mass is 797 g/mol. The minimum Gasteiger partial charge on any atom is -0.476 e. The molecule has 4 aromatic carbocycles. The molecule has 0 bridgehead atoms. The summed E-state index contributed by atoms with van der Waals surface area (Å²) in [6.07, 6.45) is 6.18. The summed E-state index contributed by atoms with van der Waals surface area (Å²) < 4.78 is 15.0. The van der Waals surface area contributed by atoms with Gasteiger partial charge in [0.2, 0.25) is 0 Å². The zero-order valence-corrected chi connectivity index (χ0v) is 40.8. The van der Waals surface area contributed by atoms with Crippen molar-refractivity contribution in [2.75, 3.05) is 0 Å². The molecule has 0 fully saturated rings. The molecule has 0 amide bonds. The van der Waals surface area contributed by atoms with Crippen molar-refractivity contribution in [3.63, 3.8) is 0 Å². The molecule has 308 valence electrons. The van der Waals surface area contributed by atoms with E-state index in [0.29, 0.717) is 14.5 Å². The van der Waals surface area contributed by atoms with Crippen molar-refractivity contribution in [2.24, 2.45) is 0 Å². The van der Waals surface area contributed by atoms with Gasteiger partial charge in [0, 0.05) is 33.1 Å². The third-order valence-corrected chi connectivity index (χ3v) is 16.7. The van der Waals surface area contributed by atoms with Crippen molar-refractivity contribution in [3.8, 4) is 22.6 Å². The van der Waals surface area contributed by atoms with E-state index >= 15 is 0 Å². The molecule has 4 heteroatoms. The maximum Gasteiger partial charge on any atom is 0.134 e. The molecular formula is C52H78O2P2. The van der Waals surface area contributed by atoms with Gasteiger partial charge < -0.3 is 9.05 Å². The molecule has 4 atom stereocenters. The van der Waals surface area contributed by atoms with Crippen LogP contribution in [0.5, 0.6) is 11.5 Å². The first-order valence-corrected chi connectivity index (χ1v) is 23.7. The van der Waals surface area contributed by atoms with Crippen LogP contribution in [-0.4, -0.2) is 5.66 Å². The van der Waals surface area contributed by atoms with E-state index in [1.807, 2.05) is 0 Å². The Balaban J connectivity index is 2.27. The second kappa shape index (κ2) is 17.8. The van der Waals surface area contributed by atoms with Gasteiger partial charge in [0.15, 0.2) is 0 Å². The molecule has 0 aliphatic carbocycles. The van der Waals surface area contributed by atoms with Crippen molar-refractivity contribution in [2.45, 2.75) is 196 Å². The van der Waals surface area contributed by atoms with Crippen molar-refractivity contribution < 1.29 is 9.05 Å². The fourth-order valence-corrected chi connectivity index (χ4v) is 9.64. The molecule has 0 N–H and O–H groups in total. The lowest BCUT2D eigenvalue weighted by atomic mass is 9.69. The second-order valence-corrected chi connectivity index (χ2v) is 22.4. The molecule has 0 saturated carbocycles. The summed E-state index contributed by atoms with van der Waals surface area (Å²) in [5.74, 6) is 2.12. The highest BCUT2D eigenvalue weighted by molar-refractivity contribution is 7.34. The molecule has 0 aromatic heterocycles. The zero-order chi connectivity index (χ0) is 42.0. The molecule has 0 radical (unpaired) electrons. The number of hydrogen-bond donors (Lipinski definition) is 0. The summed E-state index contributed by atoms with van der Waals surface area (Å²) >= 11 is 0. The van der Waals surface area contributed by atoms with Gasteiger partial charge in [0.1, 0.15) is 11.5 Å². The van der Waals surface area contributed by atoms with Crippen molar-refractivity contribution in [1.82, 2.24) is 0 Å². The highest BCUT2D eigenvalue weighted by atomic mass is 31.1. The highest BCUT2D eigenvalue weighted by Gasteiger charge is 2.38. The van der Waals surface area contributed by atoms with E-state index in [0.717, 1.165) is 50.0 Å². The molecule has 2 nitrogen and oxygen atoms in total. The Morgan fingerprint density at radius 1 is 0.518 bits per heavy atom. The van der Waals surface area contributed by atoms with Gasteiger partial charge in [0.25, 0.3) is 0 Å². The lowest BCUT2D eigenvalue weighted by Gasteiger charge is -2.38. The first kappa shape index (κ1) is 46.3. The number of benzene rings is 4. The second-order valence-electron chi connectivity index (χ2n) is 19.5. The van der Waals surface area contributed by atoms with Crippen LogP contribution in [-0.2, 0) is 26.8 Å². The van der Waals surface area contributed by atoms with Crippen LogP contribution < -0.4 is 9.05 Å². The molecule has 0 aliphatic heterocycles. The first-order valence-electron chi connectivity index (χ1n) is 21.8. The summed E-state index contributed by atoms with van der Waals surface area (Å²) in [6.45, 7) is 42.8. The average molecular weight is 797 g/mol. The van der Waals surface area contributed by atoms with E-state index in [1.165, 1.54) is 60.8 Å². The predicted octanol–water partition coefficient (Wildman–Crippen LogP) is 16.9. The van der Waals surface area contributed by atoms with Crippen LogP contribution in [0.1, 0.15) is 188 Å². The molecule has 0 spiro atoms. The third-order valence-electron chi connectivity index (χ3n) is 14.2. The lowest BCUT2D eigenvalue weighted by Crippen LogP contribution is -2.25. The van der Waals surface area contributed by atoms with Gasteiger partial charge >= 0.3 is 0 Å². The van der Waals surface area contributed by atoms with Gasteiger partial charge in [-0.1, -0.05) is 158 Å². The van der Waals surface area contributed by atoms with Crippen LogP contribution in [0.3, 0.4) is 0 Å². The van der Waals surface area contributed by atoms with Crippen LogP contribution >= 0.6 is 17.6 Å². The lowest BCUT2D eigenvalue weighted by molar-refractivity contribution is 0.464. The topological polar surface area (TPSA) is 18.5 Å². The first-order chi connectivity index (χ1) is 26.1. The van der Waals surface area contributed by atoms with E-state index in [4.69, 9.17) is 9.05 Å². The van der Waals surface area contributed by atoms with Crippen LogP contribution in [0.2, 0.25) is 0 Å². The molecule has 4 rings (SSSR count). The van der Waals surface area contributed by atoms with Crippen LogP contribution in [0.15, 0.2) is 54.6 Å². The van der Waals surface area contributed by atoms with Gasteiger partial charge in [-0.2, -0.15) is 0 Å². The van der Waals surface area contributed by atoms with Gasteiger partial charge in [-0.15, -0.1) is 0 Å². The fourth-order valence-electron chi connectivity index (χ4n) is 7.93. The molecule has 0 saturated heterocycles. The van der Waals surface area contributed by atoms with Gasteiger partial charge in [-0.3, -0.25) is 0 Å². The minimum absolute atomic E-state index is 0.0213. The minimum atomic E-state index is -0.186. The molecule has 0 heterocycles. The van der Waals surface area contributed by atoms with Crippen LogP contribution in [0, 0.1) is 13.8 Å². The predicted molar refractivity (Wildman–Crippen MR) is 254 cm³/mol. The summed E-state index contributed by atoms with van der Waals surface area (Å²) in [5, 5.41) is 2.42. The van der Waals surface area contributed by atoms with Crippen LogP contribution in [0.25, 0.3) is 21.9 Å². The molecular weight excluding hydrogens is 719 g/mol. The summed E-state index contributed by atoms with van der Waals surface area (Å²) in [6, 6.07) is 20.7. The van der Waals surface area contributed by atoms with Crippen LogP contribution in [0.4, 0.5) is 0 Å². The Morgan fingerprint density at radius 3 is 1.39 bits per heavy atom. The maximum absolute atomic E-state index is 7.69. The Labute approximate surface area is 347 Å². The Morgan fingerprint density at radius 2 is 0.946 bits per heavy atom. The van der Waals surface area contributed by atoms with Crippen molar-refractivity contribution in [3.05, 3.63) is 93.5 Å². The quantitative estimate of drug-likeness (QED) is 0.0934. The van der Waals surface area contributed by atoms with Crippen molar-refractivity contribution >= 4 is 28.4 Å². The molecule has 4 aromatic rings. The SMILES string of the molecule is CCC(C)POc1c(C(C)(C)CC)cc(C(C)(C)CC)c(C)c1-c1c(C)c(C(C)(C)CC)cc(C(C)(C)CC)c1OPC(C)(CC)c1cccc2ccccc12. The Bertz CT molecular complexity index is 1980. The number of fused-ring (bicyclic) bond motifs is 1. The van der Waals surface area contributed by atoms with Gasteiger partial charge in [-0.05, 0) is 120 Å².